The highest BCUT2D eigenvalue weighted by molar-refractivity contribution is 7.91. The number of hydrogen-bond donors (Lipinski definition) is 2. The Hall–Kier alpha value is -2.34. The van der Waals surface area contributed by atoms with Crippen LogP contribution in [0.2, 0.25) is 0 Å². The topological polar surface area (TPSA) is 97.5 Å². The SMILES string of the molecule is Nc1cccc(S(=O)(=O)c2ccccc2C(=O)O)c1. The second kappa shape index (κ2) is 4.74. The fourth-order valence-corrected chi connectivity index (χ4v) is 3.19. The zero-order chi connectivity index (χ0) is 14.0. The Bertz CT molecular complexity index is 738. The van der Waals surface area contributed by atoms with Gasteiger partial charge in [0.1, 0.15) is 0 Å². The molecule has 0 saturated heterocycles. The Morgan fingerprint density at radius 3 is 2.37 bits per heavy atom. The molecule has 19 heavy (non-hydrogen) atoms. The largest absolute Gasteiger partial charge is 0.478 e. The molecule has 0 saturated carbocycles. The smallest absolute Gasteiger partial charge is 0.337 e. The average molecular weight is 277 g/mol. The molecule has 6 heteroatoms. The van der Waals surface area contributed by atoms with Gasteiger partial charge in [-0.2, -0.15) is 0 Å². The van der Waals surface area contributed by atoms with Crippen LogP contribution < -0.4 is 5.73 Å². The first kappa shape index (κ1) is 13.1. The molecular formula is C13H11NO4S. The van der Waals surface area contributed by atoms with Crippen LogP contribution in [0, 0.1) is 0 Å². The highest BCUT2D eigenvalue weighted by atomic mass is 32.2. The van der Waals surface area contributed by atoms with E-state index in [1.807, 2.05) is 0 Å². The van der Waals surface area contributed by atoms with Crippen molar-refractivity contribution >= 4 is 21.5 Å². The molecule has 3 N–H and O–H groups in total. The minimum absolute atomic E-state index is 0.0267. The second-order valence-electron chi connectivity index (χ2n) is 3.88. The van der Waals surface area contributed by atoms with Gasteiger partial charge in [0.2, 0.25) is 9.84 Å². The average Bonchev–Trinajstić information content (AvgIpc) is 2.38. The van der Waals surface area contributed by atoms with E-state index in [1.54, 1.807) is 6.07 Å². The predicted molar refractivity (Wildman–Crippen MR) is 69.7 cm³/mol. The van der Waals surface area contributed by atoms with Gasteiger partial charge >= 0.3 is 5.97 Å². The number of aromatic carboxylic acids is 1. The summed E-state index contributed by atoms with van der Waals surface area (Å²) < 4.78 is 24.8. The van der Waals surface area contributed by atoms with Gasteiger partial charge < -0.3 is 10.8 Å². The number of nitrogens with two attached hydrogens (primary N) is 1. The third-order valence-electron chi connectivity index (χ3n) is 2.58. The number of carbonyl (C=O) groups is 1. The molecule has 5 nitrogen and oxygen atoms in total. The summed E-state index contributed by atoms with van der Waals surface area (Å²) in [7, 11) is -3.90. The Morgan fingerprint density at radius 1 is 1.05 bits per heavy atom. The number of carboxylic acid groups (broad SMARTS) is 1. The van der Waals surface area contributed by atoms with E-state index in [0.717, 1.165) is 0 Å². The van der Waals surface area contributed by atoms with Crippen molar-refractivity contribution in [2.24, 2.45) is 0 Å². The van der Waals surface area contributed by atoms with Crippen molar-refractivity contribution in [3.8, 4) is 0 Å². The van der Waals surface area contributed by atoms with Crippen molar-refractivity contribution in [2.45, 2.75) is 9.79 Å². The van der Waals surface area contributed by atoms with Gasteiger partial charge in [0, 0.05) is 5.69 Å². The summed E-state index contributed by atoms with van der Waals surface area (Å²) in [5.74, 6) is -1.29. The number of sulfone groups is 1. The minimum Gasteiger partial charge on any atom is -0.478 e. The van der Waals surface area contributed by atoms with Crippen LogP contribution in [0.3, 0.4) is 0 Å². The zero-order valence-corrected chi connectivity index (χ0v) is 10.6. The number of benzene rings is 2. The predicted octanol–water partition coefficient (Wildman–Crippen LogP) is 1.80. The molecule has 0 unspecified atom stereocenters. The van der Waals surface area contributed by atoms with Crippen LogP contribution >= 0.6 is 0 Å². The lowest BCUT2D eigenvalue weighted by atomic mass is 10.2. The van der Waals surface area contributed by atoms with E-state index in [1.165, 1.54) is 42.5 Å². The lowest BCUT2D eigenvalue weighted by molar-refractivity contribution is 0.0692. The fourth-order valence-electron chi connectivity index (χ4n) is 1.69. The molecule has 2 aromatic rings. The Morgan fingerprint density at radius 2 is 1.74 bits per heavy atom. The summed E-state index contributed by atoms with van der Waals surface area (Å²) in [5.41, 5.74) is 5.59. The molecule has 0 aliphatic heterocycles. The summed E-state index contributed by atoms with van der Waals surface area (Å²) in [6, 6.07) is 11.2. The molecule has 2 rings (SSSR count). The molecular weight excluding hydrogens is 266 g/mol. The van der Waals surface area contributed by atoms with Gasteiger partial charge in [-0.25, -0.2) is 13.2 Å². The van der Waals surface area contributed by atoms with Crippen LogP contribution in [-0.2, 0) is 9.84 Å². The summed E-state index contributed by atoms with van der Waals surface area (Å²) in [5, 5.41) is 9.04. The molecule has 0 amide bonds. The number of nitrogen functional groups attached to an aromatic ring is 1. The van der Waals surface area contributed by atoms with Crippen molar-refractivity contribution < 1.29 is 18.3 Å². The van der Waals surface area contributed by atoms with Crippen LogP contribution in [0.1, 0.15) is 10.4 Å². The molecule has 2 aromatic carbocycles. The van der Waals surface area contributed by atoms with Gasteiger partial charge in [0.05, 0.1) is 15.4 Å². The Balaban J connectivity index is 2.67. The summed E-state index contributed by atoms with van der Waals surface area (Å²) in [6.45, 7) is 0. The first-order valence-corrected chi connectivity index (χ1v) is 6.84. The van der Waals surface area contributed by atoms with Crippen LogP contribution in [-0.4, -0.2) is 19.5 Å². The highest BCUT2D eigenvalue weighted by Gasteiger charge is 2.23. The minimum atomic E-state index is -3.90. The second-order valence-corrected chi connectivity index (χ2v) is 5.80. The van der Waals surface area contributed by atoms with Gasteiger partial charge in [-0.15, -0.1) is 0 Å². The van der Waals surface area contributed by atoms with E-state index in [9.17, 15) is 13.2 Å². The molecule has 0 spiro atoms. The lowest BCUT2D eigenvalue weighted by Crippen LogP contribution is -2.09. The van der Waals surface area contributed by atoms with Crippen molar-refractivity contribution in [2.75, 3.05) is 5.73 Å². The van der Waals surface area contributed by atoms with Gasteiger partial charge in [-0.1, -0.05) is 18.2 Å². The number of hydrogen-bond acceptors (Lipinski definition) is 4. The first-order chi connectivity index (χ1) is 8.93. The summed E-state index contributed by atoms with van der Waals surface area (Å²) >= 11 is 0. The van der Waals surface area contributed by atoms with Gasteiger partial charge in [0.25, 0.3) is 0 Å². The van der Waals surface area contributed by atoms with Gasteiger partial charge in [-0.3, -0.25) is 0 Å². The standard InChI is InChI=1S/C13H11NO4S/c14-9-4-3-5-10(8-9)19(17,18)12-7-2-1-6-11(12)13(15)16/h1-8H,14H2,(H,15,16). The summed E-state index contributed by atoms with van der Waals surface area (Å²) in [6.07, 6.45) is 0. The van der Waals surface area contributed by atoms with E-state index >= 15 is 0 Å². The molecule has 0 fully saturated rings. The number of anilines is 1. The van der Waals surface area contributed by atoms with Crippen molar-refractivity contribution in [3.63, 3.8) is 0 Å². The quantitative estimate of drug-likeness (QED) is 0.834. The third-order valence-corrected chi connectivity index (χ3v) is 4.38. The fraction of sp³-hybridized carbons (Fsp3) is 0. The summed E-state index contributed by atoms with van der Waals surface area (Å²) in [4.78, 5) is 10.8. The molecule has 0 radical (unpaired) electrons. The van der Waals surface area contributed by atoms with Crippen LogP contribution in [0.5, 0.6) is 0 Å². The molecule has 0 atom stereocenters. The third kappa shape index (κ3) is 2.43. The van der Waals surface area contributed by atoms with Crippen LogP contribution in [0.4, 0.5) is 5.69 Å². The molecule has 98 valence electrons. The van der Waals surface area contributed by atoms with Crippen molar-refractivity contribution in [3.05, 3.63) is 54.1 Å². The maximum atomic E-state index is 12.4. The first-order valence-electron chi connectivity index (χ1n) is 5.36. The van der Waals surface area contributed by atoms with Crippen molar-refractivity contribution in [1.82, 2.24) is 0 Å². The lowest BCUT2D eigenvalue weighted by Gasteiger charge is -2.08. The maximum Gasteiger partial charge on any atom is 0.337 e. The Labute approximate surface area is 110 Å². The van der Waals surface area contributed by atoms with Crippen molar-refractivity contribution in [1.29, 1.82) is 0 Å². The molecule has 0 aromatic heterocycles. The maximum absolute atomic E-state index is 12.4. The van der Waals surface area contributed by atoms with Crippen LogP contribution in [0.15, 0.2) is 58.3 Å². The zero-order valence-electron chi connectivity index (χ0n) is 9.78. The Kier molecular flexibility index (Phi) is 3.26. The van der Waals surface area contributed by atoms with E-state index in [0.29, 0.717) is 5.69 Å². The van der Waals surface area contributed by atoms with Gasteiger partial charge in [0.15, 0.2) is 0 Å². The molecule has 0 aliphatic rings. The normalized spacial score (nSPS) is 11.2. The molecule has 0 heterocycles. The number of rotatable bonds is 3. The van der Waals surface area contributed by atoms with Crippen LogP contribution in [0.25, 0.3) is 0 Å². The highest BCUT2D eigenvalue weighted by Crippen LogP contribution is 2.25. The molecule has 0 aliphatic carbocycles. The number of carboxylic acids is 1. The molecule has 0 bridgehead atoms. The van der Waals surface area contributed by atoms with E-state index < -0.39 is 15.8 Å². The van der Waals surface area contributed by atoms with E-state index in [2.05, 4.69) is 0 Å². The monoisotopic (exact) mass is 277 g/mol. The van der Waals surface area contributed by atoms with Gasteiger partial charge in [-0.05, 0) is 30.3 Å². The van der Waals surface area contributed by atoms with E-state index in [4.69, 9.17) is 10.8 Å². The van der Waals surface area contributed by atoms with E-state index in [-0.39, 0.29) is 15.4 Å².